The molecule has 1 aliphatic heterocycles. The Morgan fingerprint density at radius 2 is 1.78 bits per heavy atom. The van der Waals surface area contributed by atoms with E-state index in [1.165, 1.54) is 11.0 Å². The number of anilines is 1. The summed E-state index contributed by atoms with van der Waals surface area (Å²) in [6.07, 6.45) is -4.22. The minimum atomic E-state index is -4.60. The number of hydrogen-bond donors (Lipinski definition) is 1. The third-order valence-electron chi connectivity index (χ3n) is 4.06. The predicted octanol–water partition coefficient (Wildman–Crippen LogP) is 4.94. The number of piperidine rings is 1. The molecule has 1 N–H and O–H groups in total. The van der Waals surface area contributed by atoms with Crippen LogP contribution in [0.25, 0.3) is 0 Å². The summed E-state index contributed by atoms with van der Waals surface area (Å²) < 4.78 is 44.0. The molecule has 5 nitrogen and oxygen atoms in total. The Kier molecular flexibility index (Phi) is 6.29. The fourth-order valence-electron chi connectivity index (χ4n) is 2.72. The largest absolute Gasteiger partial charge is 0.444 e. The molecule has 1 aliphatic rings. The molecule has 0 aromatic heterocycles. The molecule has 1 fully saturated rings. The first kappa shape index (κ1) is 21.3. The van der Waals surface area contributed by atoms with Gasteiger partial charge in [0.2, 0.25) is 5.91 Å². The minimum absolute atomic E-state index is 0.0336. The van der Waals surface area contributed by atoms with Crippen LogP contribution in [0.1, 0.15) is 39.2 Å². The zero-order valence-electron chi connectivity index (χ0n) is 15.3. The van der Waals surface area contributed by atoms with Gasteiger partial charge < -0.3 is 15.0 Å². The minimum Gasteiger partial charge on any atom is -0.444 e. The molecular weight excluding hydrogens is 385 g/mol. The van der Waals surface area contributed by atoms with Crippen LogP contribution in [0.15, 0.2) is 18.2 Å². The van der Waals surface area contributed by atoms with E-state index in [4.69, 9.17) is 16.3 Å². The number of nitrogens with zero attached hydrogens (tertiary/aromatic N) is 1. The molecule has 1 saturated heterocycles. The van der Waals surface area contributed by atoms with Gasteiger partial charge in [0.15, 0.2) is 0 Å². The molecule has 150 valence electrons. The van der Waals surface area contributed by atoms with Gasteiger partial charge in [-0.2, -0.15) is 13.2 Å². The SMILES string of the molecule is CC(C)(C)OC(=O)N1CCC(C(=O)Nc2ccc(Cl)c(C(F)(F)F)c2)CC1. The van der Waals surface area contributed by atoms with Crippen LogP contribution in [0.2, 0.25) is 5.02 Å². The molecule has 1 aromatic carbocycles. The van der Waals surface area contributed by atoms with E-state index in [0.29, 0.717) is 25.9 Å². The Morgan fingerprint density at radius 3 is 2.30 bits per heavy atom. The van der Waals surface area contributed by atoms with Crippen molar-refractivity contribution in [3.05, 3.63) is 28.8 Å². The second-order valence-electron chi connectivity index (χ2n) is 7.42. The zero-order valence-corrected chi connectivity index (χ0v) is 16.1. The number of likely N-dealkylation sites (tertiary alicyclic amines) is 1. The number of rotatable bonds is 2. The maximum atomic E-state index is 12.9. The summed E-state index contributed by atoms with van der Waals surface area (Å²) in [7, 11) is 0. The van der Waals surface area contributed by atoms with Crippen molar-refractivity contribution >= 4 is 29.3 Å². The van der Waals surface area contributed by atoms with Crippen LogP contribution in [-0.4, -0.2) is 35.6 Å². The maximum absolute atomic E-state index is 12.9. The van der Waals surface area contributed by atoms with Crippen LogP contribution in [0.5, 0.6) is 0 Å². The van der Waals surface area contributed by atoms with Crippen LogP contribution < -0.4 is 5.32 Å². The van der Waals surface area contributed by atoms with Crippen molar-refractivity contribution in [3.8, 4) is 0 Å². The lowest BCUT2D eigenvalue weighted by atomic mass is 9.96. The summed E-state index contributed by atoms with van der Waals surface area (Å²) in [5.74, 6) is -0.775. The predicted molar refractivity (Wildman–Crippen MR) is 95.6 cm³/mol. The third-order valence-corrected chi connectivity index (χ3v) is 4.39. The number of carbonyl (C=O) groups is 2. The molecule has 9 heteroatoms. The van der Waals surface area contributed by atoms with E-state index in [1.54, 1.807) is 20.8 Å². The lowest BCUT2D eigenvalue weighted by Gasteiger charge is -2.32. The van der Waals surface area contributed by atoms with Gasteiger partial charge in [-0.15, -0.1) is 0 Å². The highest BCUT2D eigenvalue weighted by molar-refractivity contribution is 6.31. The zero-order chi connectivity index (χ0) is 20.4. The van der Waals surface area contributed by atoms with Gasteiger partial charge in [0.1, 0.15) is 5.60 Å². The summed E-state index contributed by atoms with van der Waals surface area (Å²) in [5, 5.41) is 2.08. The highest BCUT2D eigenvalue weighted by Crippen LogP contribution is 2.36. The summed E-state index contributed by atoms with van der Waals surface area (Å²) in [5.41, 5.74) is -1.57. The molecule has 0 saturated carbocycles. The van der Waals surface area contributed by atoms with Crippen molar-refractivity contribution in [2.75, 3.05) is 18.4 Å². The van der Waals surface area contributed by atoms with Crippen molar-refractivity contribution < 1.29 is 27.5 Å². The molecule has 0 spiro atoms. The average molecular weight is 407 g/mol. The highest BCUT2D eigenvalue weighted by Gasteiger charge is 2.34. The van der Waals surface area contributed by atoms with Gasteiger partial charge in [0.25, 0.3) is 0 Å². The number of carbonyl (C=O) groups excluding carboxylic acids is 2. The molecule has 2 amide bonds. The molecule has 0 bridgehead atoms. The van der Waals surface area contributed by atoms with E-state index >= 15 is 0 Å². The Balaban J connectivity index is 1.94. The van der Waals surface area contributed by atoms with Crippen LogP contribution in [-0.2, 0) is 15.7 Å². The Bertz CT molecular complexity index is 709. The van der Waals surface area contributed by atoms with Crippen molar-refractivity contribution in [2.45, 2.75) is 45.4 Å². The Morgan fingerprint density at radius 1 is 1.19 bits per heavy atom. The molecule has 0 aliphatic carbocycles. The number of nitrogens with one attached hydrogen (secondary N) is 1. The van der Waals surface area contributed by atoms with Crippen LogP contribution in [0.4, 0.5) is 23.7 Å². The van der Waals surface area contributed by atoms with Crippen molar-refractivity contribution in [2.24, 2.45) is 5.92 Å². The van der Waals surface area contributed by atoms with Gasteiger partial charge in [-0.05, 0) is 51.8 Å². The Hall–Kier alpha value is -1.96. The smallest absolute Gasteiger partial charge is 0.417 e. The lowest BCUT2D eigenvalue weighted by Crippen LogP contribution is -2.43. The summed E-state index contributed by atoms with van der Waals surface area (Å²) in [6, 6.07) is 3.24. The first-order chi connectivity index (χ1) is 12.4. The molecule has 0 unspecified atom stereocenters. The fraction of sp³-hybridized carbons (Fsp3) is 0.556. The summed E-state index contributed by atoms with van der Waals surface area (Å²) in [4.78, 5) is 25.9. The van der Waals surface area contributed by atoms with E-state index in [2.05, 4.69) is 5.32 Å². The van der Waals surface area contributed by atoms with Gasteiger partial charge in [-0.1, -0.05) is 11.6 Å². The third kappa shape index (κ3) is 6.02. The van der Waals surface area contributed by atoms with Gasteiger partial charge in [-0.3, -0.25) is 4.79 Å². The number of hydrogen-bond acceptors (Lipinski definition) is 3. The van der Waals surface area contributed by atoms with E-state index in [1.807, 2.05) is 0 Å². The van der Waals surface area contributed by atoms with E-state index in [9.17, 15) is 22.8 Å². The second-order valence-corrected chi connectivity index (χ2v) is 7.83. The molecule has 0 radical (unpaired) electrons. The van der Waals surface area contributed by atoms with E-state index < -0.39 is 34.4 Å². The molecule has 1 heterocycles. The number of ether oxygens (including phenoxy) is 1. The molecule has 27 heavy (non-hydrogen) atoms. The number of alkyl halides is 3. The fourth-order valence-corrected chi connectivity index (χ4v) is 2.94. The standard InChI is InChI=1S/C18H22ClF3N2O3/c1-17(2,3)27-16(26)24-8-6-11(7-9-24)15(25)23-12-4-5-14(19)13(10-12)18(20,21)22/h4-5,10-11H,6-9H2,1-3H3,(H,23,25). The summed E-state index contributed by atoms with van der Waals surface area (Å²) in [6.45, 7) is 6.01. The molecule has 0 atom stereocenters. The molecular formula is C18H22ClF3N2O3. The first-order valence-corrected chi connectivity index (χ1v) is 8.90. The van der Waals surface area contributed by atoms with Crippen molar-refractivity contribution in [1.82, 2.24) is 4.90 Å². The quantitative estimate of drug-likeness (QED) is 0.756. The molecule has 2 rings (SSSR count). The van der Waals surface area contributed by atoms with Crippen LogP contribution in [0.3, 0.4) is 0 Å². The molecule has 1 aromatic rings. The number of benzene rings is 1. The maximum Gasteiger partial charge on any atom is 0.417 e. The monoisotopic (exact) mass is 406 g/mol. The first-order valence-electron chi connectivity index (χ1n) is 8.52. The van der Waals surface area contributed by atoms with Gasteiger partial charge in [-0.25, -0.2) is 4.79 Å². The van der Waals surface area contributed by atoms with Crippen LogP contribution >= 0.6 is 11.6 Å². The van der Waals surface area contributed by atoms with E-state index in [-0.39, 0.29) is 11.6 Å². The van der Waals surface area contributed by atoms with Gasteiger partial charge in [0, 0.05) is 24.7 Å². The van der Waals surface area contributed by atoms with E-state index in [0.717, 1.165) is 12.1 Å². The van der Waals surface area contributed by atoms with Crippen molar-refractivity contribution in [1.29, 1.82) is 0 Å². The highest BCUT2D eigenvalue weighted by atomic mass is 35.5. The van der Waals surface area contributed by atoms with Crippen LogP contribution in [0, 0.1) is 5.92 Å². The average Bonchev–Trinajstić information content (AvgIpc) is 2.54. The van der Waals surface area contributed by atoms with Gasteiger partial charge >= 0.3 is 12.3 Å². The normalized spacial score (nSPS) is 16.2. The topological polar surface area (TPSA) is 58.6 Å². The Labute approximate surface area is 160 Å². The lowest BCUT2D eigenvalue weighted by molar-refractivity contribution is -0.137. The number of amides is 2. The van der Waals surface area contributed by atoms with Crippen molar-refractivity contribution in [3.63, 3.8) is 0 Å². The second kappa shape index (κ2) is 7.96. The van der Waals surface area contributed by atoms with Gasteiger partial charge in [0.05, 0.1) is 10.6 Å². The summed E-state index contributed by atoms with van der Waals surface area (Å²) >= 11 is 5.58. The number of halogens is 4.